The van der Waals surface area contributed by atoms with Crippen molar-refractivity contribution in [2.24, 2.45) is 0 Å². The number of nitrogens with one attached hydrogen (secondary N) is 1. The van der Waals surface area contributed by atoms with E-state index in [1.807, 2.05) is 17.5 Å². The van der Waals surface area contributed by atoms with Gasteiger partial charge in [0.2, 0.25) is 0 Å². The number of carbonyl (C=O) groups is 1. The van der Waals surface area contributed by atoms with Gasteiger partial charge in [0, 0.05) is 24.7 Å². The average molecular weight is 355 g/mol. The summed E-state index contributed by atoms with van der Waals surface area (Å²) in [4.78, 5) is 15.9. The van der Waals surface area contributed by atoms with E-state index in [9.17, 15) is 4.79 Å². The topological polar surface area (TPSA) is 32.3 Å². The lowest BCUT2D eigenvalue weighted by Crippen LogP contribution is -2.56. The molecule has 0 saturated carbocycles. The maximum atomic E-state index is 12.4. The zero-order valence-corrected chi connectivity index (χ0v) is 15.6. The summed E-state index contributed by atoms with van der Waals surface area (Å²) in [5.74, 6) is 0.102. The highest BCUT2D eigenvalue weighted by atomic mass is 32.1. The van der Waals surface area contributed by atoms with E-state index in [2.05, 4.69) is 41.4 Å². The Labute approximate surface area is 154 Å². The fraction of sp³-hybridized carbons (Fsp3) is 0.476. The van der Waals surface area contributed by atoms with Gasteiger partial charge in [-0.2, -0.15) is 0 Å². The second kappa shape index (κ2) is 7.30. The number of amides is 1. The minimum Gasteiger partial charge on any atom is -0.348 e. The Morgan fingerprint density at radius 3 is 2.52 bits per heavy atom. The van der Waals surface area contributed by atoms with Crippen LogP contribution in [0.15, 0.2) is 41.8 Å². The van der Waals surface area contributed by atoms with Gasteiger partial charge in [0.15, 0.2) is 0 Å². The van der Waals surface area contributed by atoms with E-state index in [0.717, 1.165) is 24.3 Å². The Hall–Kier alpha value is -1.65. The SMILES string of the molecule is Cc1ccc(CN2[C@@H]3CCC[C@H]2CC(NC(=O)c2cccs2)C3)cc1. The van der Waals surface area contributed by atoms with Crippen LogP contribution < -0.4 is 5.32 Å². The first-order valence-corrected chi connectivity index (χ1v) is 10.2. The lowest BCUT2D eigenvalue weighted by molar-refractivity contribution is 0.0177. The van der Waals surface area contributed by atoms with E-state index in [0.29, 0.717) is 18.1 Å². The maximum absolute atomic E-state index is 12.4. The molecule has 2 aliphatic rings. The predicted octanol–water partition coefficient (Wildman–Crippen LogP) is 4.37. The van der Waals surface area contributed by atoms with Crippen LogP contribution in [0.4, 0.5) is 0 Å². The molecule has 3 atom stereocenters. The highest BCUT2D eigenvalue weighted by Gasteiger charge is 2.38. The molecule has 2 saturated heterocycles. The van der Waals surface area contributed by atoms with Crippen molar-refractivity contribution in [1.29, 1.82) is 0 Å². The summed E-state index contributed by atoms with van der Waals surface area (Å²) in [6.45, 7) is 3.18. The number of aryl methyl sites for hydroxylation is 1. The van der Waals surface area contributed by atoms with Crippen molar-refractivity contribution < 1.29 is 4.79 Å². The molecule has 1 aromatic carbocycles. The van der Waals surface area contributed by atoms with Crippen LogP contribution in [0.2, 0.25) is 0 Å². The summed E-state index contributed by atoms with van der Waals surface area (Å²) in [5.41, 5.74) is 2.72. The Balaban J connectivity index is 1.41. The molecule has 3 heterocycles. The fourth-order valence-corrected chi connectivity index (χ4v) is 5.05. The molecule has 4 heteroatoms. The summed E-state index contributed by atoms with van der Waals surface area (Å²) >= 11 is 1.52. The largest absolute Gasteiger partial charge is 0.348 e. The number of piperidine rings is 2. The summed E-state index contributed by atoms with van der Waals surface area (Å²) in [6, 6.07) is 14.3. The molecule has 0 spiro atoms. The average Bonchev–Trinajstić information content (AvgIpc) is 3.12. The zero-order valence-electron chi connectivity index (χ0n) is 14.8. The molecule has 0 aliphatic carbocycles. The van der Waals surface area contributed by atoms with Crippen molar-refractivity contribution in [2.45, 2.75) is 63.7 Å². The lowest BCUT2D eigenvalue weighted by Gasteiger charge is -2.49. The number of fused-ring (bicyclic) bond motifs is 2. The third kappa shape index (κ3) is 3.80. The van der Waals surface area contributed by atoms with Crippen LogP contribution in [0.3, 0.4) is 0 Å². The number of nitrogens with zero attached hydrogens (tertiary/aromatic N) is 1. The highest BCUT2D eigenvalue weighted by molar-refractivity contribution is 7.12. The van der Waals surface area contributed by atoms with Gasteiger partial charge in [-0.1, -0.05) is 42.3 Å². The lowest BCUT2D eigenvalue weighted by atomic mass is 9.81. The number of hydrogen-bond donors (Lipinski definition) is 1. The van der Waals surface area contributed by atoms with Gasteiger partial charge in [0.25, 0.3) is 5.91 Å². The fourth-order valence-electron chi connectivity index (χ4n) is 4.42. The quantitative estimate of drug-likeness (QED) is 0.884. The highest BCUT2D eigenvalue weighted by Crippen LogP contribution is 2.35. The van der Waals surface area contributed by atoms with E-state index in [4.69, 9.17) is 0 Å². The molecular formula is C21H26N2OS. The molecule has 4 rings (SSSR count). The van der Waals surface area contributed by atoms with Crippen molar-refractivity contribution >= 4 is 17.2 Å². The summed E-state index contributed by atoms with van der Waals surface area (Å²) < 4.78 is 0. The number of carbonyl (C=O) groups excluding carboxylic acids is 1. The molecule has 1 unspecified atom stereocenters. The third-order valence-corrected chi connectivity index (χ3v) is 6.56. The molecule has 1 amide bonds. The number of rotatable bonds is 4. The monoisotopic (exact) mass is 354 g/mol. The molecule has 25 heavy (non-hydrogen) atoms. The van der Waals surface area contributed by atoms with Gasteiger partial charge in [-0.3, -0.25) is 9.69 Å². The van der Waals surface area contributed by atoms with Crippen molar-refractivity contribution in [2.75, 3.05) is 0 Å². The van der Waals surface area contributed by atoms with E-state index in [-0.39, 0.29) is 5.91 Å². The standard InChI is InChI=1S/C21H26N2OS/c1-15-7-9-16(10-8-15)14-23-18-4-2-5-19(23)13-17(12-18)22-21(24)20-6-3-11-25-20/h3,6-11,17-19H,2,4-5,12-14H2,1H3,(H,22,24)/t17?,18-,19+. The summed E-state index contributed by atoms with van der Waals surface area (Å²) in [6.07, 6.45) is 6.01. The van der Waals surface area contributed by atoms with Gasteiger partial charge in [-0.25, -0.2) is 0 Å². The molecule has 3 nitrogen and oxygen atoms in total. The Kier molecular flexibility index (Phi) is 4.91. The first-order chi connectivity index (χ1) is 12.2. The van der Waals surface area contributed by atoms with E-state index < -0.39 is 0 Å². The second-order valence-corrected chi connectivity index (χ2v) is 8.46. The normalized spacial score (nSPS) is 26.4. The minimum atomic E-state index is 0.102. The Bertz CT molecular complexity index is 696. The predicted molar refractivity (Wildman–Crippen MR) is 103 cm³/mol. The Morgan fingerprint density at radius 1 is 1.16 bits per heavy atom. The molecule has 1 N–H and O–H groups in total. The summed E-state index contributed by atoms with van der Waals surface area (Å²) in [7, 11) is 0. The molecule has 0 radical (unpaired) electrons. The smallest absolute Gasteiger partial charge is 0.261 e. The number of thiophene rings is 1. The van der Waals surface area contributed by atoms with Gasteiger partial charge in [0.1, 0.15) is 0 Å². The van der Waals surface area contributed by atoms with Gasteiger partial charge in [-0.05, 0) is 49.6 Å². The molecule has 132 valence electrons. The molecule has 2 bridgehead atoms. The number of hydrogen-bond acceptors (Lipinski definition) is 3. The van der Waals surface area contributed by atoms with Gasteiger partial charge in [-0.15, -0.1) is 11.3 Å². The van der Waals surface area contributed by atoms with Crippen LogP contribution in [0.1, 0.15) is 52.9 Å². The first kappa shape index (κ1) is 16.8. The van der Waals surface area contributed by atoms with Crippen molar-refractivity contribution in [3.05, 3.63) is 57.8 Å². The molecule has 2 aliphatic heterocycles. The maximum Gasteiger partial charge on any atom is 0.261 e. The van der Waals surface area contributed by atoms with Crippen LogP contribution in [0.5, 0.6) is 0 Å². The van der Waals surface area contributed by atoms with E-state index >= 15 is 0 Å². The zero-order chi connectivity index (χ0) is 17.2. The summed E-state index contributed by atoms with van der Waals surface area (Å²) in [5, 5.41) is 5.25. The first-order valence-electron chi connectivity index (χ1n) is 9.35. The van der Waals surface area contributed by atoms with Crippen LogP contribution in [0.25, 0.3) is 0 Å². The molecule has 1 aromatic heterocycles. The van der Waals surface area contributed by atoms with Crippen LogP contribution in [-0.4, -0.2) is 28.9 Å². The minimum absolute atomic E-state index is 0.102. The molecule has 2 aromatic rings. The molecule has 2 fully saturated rings. The van der Waals surface area contributed by atoms with Gasteiger partial charge in [0.05, 0.1) is 4.88 Å². The van der Waals surface area contributed by atoms with E-state index in [1.165, 1.54) is 41.7 Å². The van der Waals surface area contributed by atoms with Gasteiger partial charge < -0.3 is 5.32 Å². The van der Waals surface area contributed by atoms with Crippen molar-refractivity contribution in [3.63, 3.8) is 0 Å². The van der Waals surface area contributed by atoms with Crippen molar-refractivity contribution in [3.8, 4) is 0 Å². The van der Waals surface area contributed by atoms with Crippen LogP contribution in [-0.2, 0) is 6.54 Å². The number of benzene rings is 1. The van der Waals surface area contributed by atoms with Gasteiger partial charge >= 0.3 is 0 Å². The van der Waals surface area contributed by atoms with Crippen molar-refractivity contribution in [1.82, 2.24) is 10.2 Å². The third-order valence-electron chi connectivity index (χ3n) is 5.69. The van der Waals surface area contributed by atoms with E-state index in [1.54, 1.807) is 0 Å². The second-order valence-electron chi connectivity index (χ2n) is 7.52. The Morgan fingerprint density at radius 2 is 1.88 bits per heavy atom. The molecular weight excluding hydrogens is 328 g/mol. The van der Waals surface area contributed by atoms with Crippen LogP contribution in [0, 0.1) is 6.92 Å². The van der Waals surface area contributed by atoms with Crippen LogP contribution >= 0.6 is 11.3 Å².